The molecule has 1 heterocycles. The Morgan fingerprint density at radius 1 is 0.971 bits per heavy atom. The van der Waals surface area contributed by atoms with Crippen LogP contribution < -0.4 is 14.4 Å². The maximum absolute atomic E-state index is 12.8. The predicted molar refractivity (Wildman–Crippen MR) is 137 cm³/mol. The predicted octanol–water partition coefficient (Wildman–Crippen LogP) is 4.11. The van der Waals surface area contributed by atoms with Crippen LogP contribution in [-0.4, -0.2) is 52.0 Å². The molecular weight excluding hydrogens is 486 g/mol. The molecule has 0 bridgehead atoms. The fraction of sp³-hybridized carbons (Fsp3) is 0.269. The Labute approximate surface area is 211 Å². The van der Waals surface area contributed by atoms with E-state index < -0.39 is 16.1 Å². The number of carbonyl (C=O) groups excluding carboxylic acids is 1. The average Bonchev–Trinajstić information content (AvgIpc) is 2.88. The van der Waals surface area contributed by atoms with Crippen molar-refractivity contribution in [2.45, 2.75) is 17.9 Å². The van der Waals surface area contributed by atoms with E-state index in [9.17, 15) is 13.2 Å². The second-order valence-electron chi connectivity index (χ2n) is 8.34. The van der Waals surface area contributed by atoms with Crippen LogP contribution in [0.4, 0.5) is 5.69 Å². The summed E-state index contributed by atoms with van der Waals surface area (Å²) in [5, 5.41) is 0.127. The van der Waals surface area contributed by atoms with Crippen molar-refractivity contribution < 1.29 is 17.9 Å². The van der Waals surface area contributed by atoms with Crippen LogP contribution in [0.1, 0.15) is 18.5 Å². The van der Waals surface area contributed by atoms with E-state index in [0.717, 1.165) is 24.3 Å². The summed E-state index contributed by atoms with van der Waals surface area (Å²) in [5.74, 6) is 0.127. The molecule has 3 aromatic carbocycles. The highest BCUT2D eigenvalue weighted by Gasteiger charge is 2.23. The van der Waals surface area contributed by atoms with E-state index in [1.54, 1.807) is 11.8 Å². The van der Waals surface area contributed by atoms with Crippen LogP contribution in [0.5, 0.6) is 5.75 Å². The van der Waals surface area contributed by atoms with Crippen LogP contribution in [0.15, 0.2) is 83.8 Å². The summed E-state index contributed by atoms with van der Waals surface area (Å²) in [4.78, 5) is 16.7. The molecule has 1 fully saturated rings. The van der Waals surface area contributed by atoms with E-state index in [4.69, 9.17) is 16.3 Å². The molecule has 1 amide bonds. The van der Waals surface area contributed by atoms with Gasteiger partial charge in [0.25, 0.3) is 5.91 Å². The fourth-order valence-corrected chi connectivity index (χ4v) is 5.52. The van der Waals surface area contributed by atoms with Crippen LogP contribution in [-0.2, 0) is 14.8 Å². The van der Waals surface area contributed by atoms with Crippen molar-refractivity contribution in [2.24, 2.45) is 0 Å². The van der Waals surface area contributed by atoms with Crippen molar-refractivity contribution >= 4 is 33.2 Å². The third kappa shape index (κ3) is 6.33. The number of piperazine rings is 1. The summed E-state index contributed by atoms with van der Waals surface area (Å²) in [7, 11) is -3.79. The fourth-order valence-electron chi connectivity index (χ4n) is 3.96. The first kappa shape index (κ1) is 25.0. The van der Waals surface area contributed by atoms with E-state index in [-0.39, 0.29) is 28.2 Å². The molecule has 0 saturated carbocycles. The Hall–Kier alpha value is -3.07. The molecule has 0 aliphatic carbocycles. The van der Waals surface area contributed by atoms with Crippen molar-refractivity contribution in [3.8, 4) is 5.75 Å². The zero-order chi connectivity index (χ0) is 24.8. The monoisotopic (exact) mass is 513 g/mol. The molecule has 0 radical (unpaired) electrons. The molecular formula is C26H28ClN3O4S. The Bertz CT molecular complexity index is 1250. The molecule has 3 aromatic rings. The first-order valence-corrected chi connectivity index (χ1v) is 13.3. The van der Waals surface area contributed by atoms with Crippen LogP contribution in [0.2, 0.25) is 5.02 Å². The molecule has 0 unspecified atom stereocenters. The second kappa shape index (κ2) is 11.1. The van der Waals surface area contributed by atoms with Gasteiger partial charge in [0.05, 0.1) is 9.92 Å². The molecule has 0 spiro atoms. The third-order valence-corrected chi connectivity index (χ3v) is 7.78. The second-order valence-corrected chi connectivity index (χ2v) is 10.5. The van der Waals surface area contributed by atoms with Crippen LogP contribution >= 0.6 is 11.6 Å². The van der Waals surface area contributed by atoms with Gasteiger partial charge < -0.3 is 14.5 Å². The lowest BCUT2D eigenvalue weighted by atomic mass is 10.1. The van der Waals surface area contributed by atoms with Crippen LogP contribution in [0.25, 0.3) is 0 Å². The molecule has 4 rings (SSSR count). The zero-order valence-corrected chi connectivity index (χ0v) is 21.0. The van der Waals surface area contributed by atoms with Crippen molar-refractivity contribution in [1.82, 2.24) is 9.62 Å². The van der Waals surface area contributed by atoms with Gasteiger partial charge in [-0.1, -0.05) is 60.1 Å². The number of para-hydroxylation sites is 1. The lowest BCUT2D eigenvalue weighted by molar-refractivity contribution is -0.133. The van der Waals surface area contributed by atoms with E-state index in [2.05, 4.69) is 21.8 Å². The molecule has 1 atom stereocenters. The molecule has 1 saturated heterocycles. The SMILES string of the molecule is C[C@H](NS(=O)(=O)c1ccc(OCC(=O)N2CCN(c3ccccc3)CC2)c(Cl)c1)c1ccccc1. The van der Waals surface area contributed by atoms with E-state index in [1.165, 1.54) is 18.2 Å². The molecule has 35 heavy (non-hydrogen) atoms. The molecule has 1 aliphatic heterocycles. The highest BCUT2D eigenvalue weighted by Crippen LogP contribution is 2.28. The average molecular weight is 514 g/mol. The smallest absolute Gasteiger partial charge is 0.260 e. The van der Waals surface area contributed by atoms with Crippen LogP contribution in [0.3, 0.4) is 0 Å². The number of carbonyl (C=O) groups is 1. The number of rotatable bonds is 8. The maximum Gasteiger partial charge on any atom is 0.260 e. The lowest BCUT2D eigenvalue weighted by Gasteiger charge is -2.36. The summed E-state index contributed by atoms with van der Waals surface area (Å²) in [5.41, 5.74) is 2.00. The first-order valence-electron chi connectivity index (χ1n) is 11.4. The number of nitrogens with zero attached hydrogens (tertiary/aromatic N) is 2. The minimum atomic E-state index is -3.79. The number of sulfonamides is 1. The molecule has 0 aromatic heterocycles. The number of anilines is 1. The van der Waals surface area contributed by atoms with Gasteiger partial charge in [-0.05, 0) is 42.8 Å². The quantitative estimate of drug-likeness (QED) is 0.490. The standard InChI is InChI=1S/C26H28ClN3O4S/c1-20(21-8-4-2-5-9-21)28-35(32,33)23-12-13-25(24(27)18-23)34-19-26(31)30-16-14-29(15-17-30)22-10-6-3-7-11-22/h2-13,18,20,28H,14-17,19H2,1H3/t20-/m0/s1. The van der Waals surface area contributed by atoms with E-state index in [1.807, 2.05) is 48.5 Å². The minimum Gasteiger partial charge on any atom is -0.482 e. The van der Waals surface area contributed by atoms with E-state index >= 15 is 0 Å². The number of benzene rings is 3. The Morgan fingerprint density at radius 2 is 1.60 bits per heavy atom. The zero-order valence-electron chi connectivity index (χ0n) is 19.4. The highest BCUT2D eigenvalue weighted by atomic mass is 35.5. The Balaban J connectivity index is 1.31. The summed E-state index contributed by atoms with van der Waals surface area (Å²) < 4.78 is 33.9. The summed E-state index contributed by atoms with van der Waals surface area (Å²) >= 11 is 6.30. The van der Waals surface area contributed by atoms with Gasteiger partial charge in [-0.3, -0.25) is 4.79 Å². The summed E-state index contributed by atoms with van der Waals surface area (Å²) in [6.45, 7) is 4.31. The molecule has 9 heteroatoms. The number of amides is 1. The highest BCUT2D eigenvalue weighted by molar-refractivity contribution is 7.89. The normalized spacial score (nSPS) is 15.0. The Kier molecular flexibility index (Phi) is 7.95. The number of hydrogen-bond acceptors (Lipinski definition) is 5. The molecule has 7 nitrogen and oxygen atoms in total. The van der Waals surface area contributed by atoms with Crippen LogP contribution in [0, 0.1) is 0 Å². The van der Waals surface area contributed by atoms with Crippen molar-refractivity contribution in [1.29, 1.82) is 0 Å². The molecule has 1 N–H and O–H groups in total. The number of ether oxygens (including phenoxy) is 1. The molecule has 184 valence electrons. The topological polar surface area (TPSA) is 78.9 Å². The van der Waals surface area contributed by atoms with Gasteiger partial charge in [0.1, 0.15) is 5.75 Å². The summed E-state index contributed by atoms with van der Waals surface area (Å²) in [6, 6.07) is 23.2. The number of halogens is 1. The van der Waals surface area contributed by atoms with Crippen molar-refractivity contribution in [3.05, 3.63) is 89.4 Å². The first-order chi connectivity index (χ1) is 16.8. The van der Waals surface area contributed by atoms with Gasteiger partial charge in [-0.15, -0.1) is 0 Å². The minimum absolute atomic E-state index is 0.0287. The van der Waals surface area contributed by atoms with Gasteiger partial charge in [0.2, 0.25) is 10.0 Å². The summed E-state index contributed by atoms with van der Waals surface area (Å²) in [6.07, 6.45) is 0. The van der Waals surface area contributed by atoms with Gasteiger partial charge in [-0.25, -0.2) is 13.1 Å². The Morgan fingerprint density at radius 3 is 2.23 bits per heavy atom. The van der Waals surface area contributed by atoms with Gasteiger partial charge in [0.15, 0.2) is 6.61 Å². The largest absolute Gasteiger partial charge is 0.482 e. The third-order valence-electron chi connectivity index (χ3n) is 5.95. The lowest BCUT2D eigenvalue weighted by Crippen LogP contribution is -2.50. The number of hydrogen-bond donors (Lipinski definition) is 1. The number of nitrogens with one attached hydrogen (secondary N) is 1. The van der Waals surface area contributed by atoms with E-state index in [0.29, 0.717) is 13.1 Å². The molecule has 1 aliphatic rings. The van der Waals surface area contributed by atoms with Crippen molar-refractivity contribution in [2.75, 3.05) is 37.7 Å². The van der Waals surface area contributed by atoms with Gasteiger partial charge >= 0.3 is 0 Å². The van der Waals surface area contributed by atoms with Gasteiger partial charge in [-0.2, -0.15) is 0 Å². The van der Waals surface area contributed by atoms with Crippen molar-refractivity contribution in [3.63, 3.8) is 0 Å². The van der Waals surface area contributed by atoms with Gasteiger partial charge in [0, 0.05) is 37.9 Å². The maximum atomic E-state index is 12.8.